The first-order valence-corrected chi connectivity index (χ1v) is 3.73. The lowest BCUT2D eigenvalue weighted by molar-refractivity contribution is 0.0692. The molecule has 0 aliphatic heterocycles. The van der Waals surface area contributed by atoms with Gasteiger partial charge in [0.05, 0.1) is 5.69 Å². The van der Waals surface area contributed by atoms with E-state index in [-0.39, 0.29) is 5.56 Å². The van der Waals surface area contributed by atoms with Gasteiger partial charge >= 0.3 is 5.97 Å². The van der Waals surface area contributed by atoms with Crippen LogP contribution in [-0.4, -0.2) is 25.2 Å². The van der Waals surface area contributed by atoms with E-state index >= 15 is 0 Å². The van der Waals surface area contributed by atoms with Gasteiger partial charge in [-0.3, -0.25) is 0 Å². The van der Waals surface area contributed by atoms with Crippen LogP contribution in [0.5, 0.6) is 0 Å². The van der Waals surface area contributed by atoms with E-state index in [0.717, 1.165) is 6.07 Å². The number of rotatable bonds is 2. The largest absolute Gasteiger partial charge is 0.478 e. The summed E-state index contributed by atoms with van der Waals surface area (Å²) in [6.45, 7) is 0. The van der Waals surface area contributed by atoms with E-state index in [2.05, 4.69) is 0 Å². The van der Waals surface area contributed by atoms with Gasteiger partial charge in [0.15, 0.2) is 0 Å². The van der Waals surface area contributed by atoms with Crippen LogP contribution in [0.3, 0.4) is 0 Å². The van der Waals surface area contributed by atoms with Gasteiger partial charge in [0, 0.05) is 14.1 Å². The fourth-order valence-electron chi connectivity index (χ4n) is 1.10. The molecule has 0 heterocycles. The van der Waals surface area contributed by atoms with Gasteiger partial charge in [-0.25, -0.2) is 9.18 Å². The van der Waals surface area contributed by atoms with Gasteiger partial charge in [0.25, 0.3) is 0 Å². The quantitative estimate of drug-likeness (QED) is 0.756. The molecule has 0 atom stereocenters. The zero-order valence-corrected chi connectivity index (χ0v) is 7.41. The van der Waals surface area contributed by atoms with Gasteiger partial charge in [-0.15, -0.1) is 0 Å². The van der Waals surface area contributed by atoms with Crippen LogP contribution in [0.15, 0.2) is 18.2 Å². The second-order valence-corrected chi connectivity index (χ2v) is 2.83. The van der Waals surface area contributed by atoms with E-state index in [9.17, 15) is 9.18 Å². The molecule has 0 aromatic heterocycles. The molecule has 0 aliphatic carbocycles. The van der Waals surface area contributed by atoms with Crippen LogP contribution >= 0.6 is 0 Å². The molecule has 0 aliphatic rings. The maximum absolute atomic E-state index is 13.1. The van der Waals surface area contributed by atoms with E-state index in [1.165, 1.54) is 6.07 Å². The molecule has 1 N–H and O–H groups in total. The lowest BCUT2D eigenvalue weighted by Crippen LogP contribution is -2.15. The lowest BCUT2D eigenvalue weighted by Gasteiger charge is -2.15. The number of carbonyl (C=O) groups is 1. The number of hydrogen-bond acceptors (Lipinski definition) is 2. The molecule has 1 rings (SSSR count). The van der Waals surface area contributed by atoms with Crippen LogP contribution in [0.2, 0.25) is 0 Å². The number of halogens is 1. The third-order valence-corrected chi connectivity index (χ3v) is 1.69. The van der Waals surface area contributed by atoms with Gasteiger partial charge in [-0.2, -0.15) is 0 Å². The van der Waals surface area contributed by atoms with Crippen molar-refractivity contribution in [2.75, 3.05) is 19.0 Å². The van der Waals surface area contributed by atoms with Gasteiger partial charge in [0.1, 0.15) is 11.4 Å². The van der Waals surface area contributed by atoms with Crippen molar-refractivity contribution in [3.8, 4) is 0 Å². The Morgan fingerprint density at radius 2 is 2.08 bits per heavy atom. The molecule has 1 aromatic rings. The normalized spacial score (nSPS) is 9.77. The molecular weight excluding hydrogens is 173 g/mol. The third kappa shape index (κ3) is 1.77. The second kappa shape index (κ2) is 3.43. The minimum absolute atomic E-state index is 0.285. The Labute approximate surface area is 75.4 Å². The van der Waals surface area contributed by atoms with E-state index in [1.54, 1.807) is 25.1 Å². The number of aromatic carboxylic acids is 1. The van der Waals surface area contributed by atoms with Crippen LogP contribution in [0.4, 0.5) is 10.1 Å². The molecule has 3 nitrogen and oxygen atoms in total. The second-order valence-electron chi connectivity index (χ2n) is 2.83. The van der Waals surface area contributed by atoms with Crippen LogP contribution in [0.25, 0.3) is 0 Å². The molecule has 1 aromatic carbocycles. The smallest absolute Gasteiger partial charge is 0.340 e. The third-order valence-electron chi connectivity index (χ3n) is 1.69. The first-order valence-electron chi connectivity index (χ1n) is 3.73. The molecule has 13 heavy (non-hydrogen) atoms. The maximum Gasteiger partial charge on any atom is 0.340 e. The van der Waals surface area contributed by atoms with Crippen molar-refractivity contribution in [1.29, 1.82) is 0 Å². The highest BCUT2D eigenvalue weighted by Crippen LogP contribution is 2.20. The molecule has 0 unspecified atom stereocenters. The predicted molar refractivity (Wildman–Crippen MR) is 47.7 cm³/mol. The SMILES string of the molecule is CN(C)c1cccc(F)c1C(=O)O. The number of nitrogens with zero attached hydrogens (tertiary/aromatic N) is 1. The molecular formula is C9H10FNO2. The predicted octanol–water partition coefficient (Wildman–Crippen LogP) is 1.59. The molecule has 0 amide bonds. The van der Waals surface area contributed by atoms with E-state index in [4.69, 9.17) is 5.11 Å². The summed E-state index contributed by atoms with van der Waals surface area (Å²) in [4.78, 5) is 12.2. The fourth-order valence-corrected chi connectivity index (χ4v) is 1.10. The van der Waals surface area contributed by atoms with Crippen molar-refractivity contribution in [3.63, 3.8) is 0 Å². The summed E-state index contributed by atoms with van der Waals surface area (Å²) < 4.78 is 13.1. The van der Waals surface area contributed by atoms with Crippen molar-refractivity contribution in [1.82, 2.24) is 0 Å². The number of carboxylic acids is 1. The van der Waals surface area contributed by atoms with Crippen LogP contribution in [0.1, 0.15) is 10.4 Å². The van der Waals surface area contributed by atoms with E-state index < -0.39 is 11.8 Å². The maximum atomic E-state index is 13.1. The summed E-state index contributed by atoms with van der Waals surface area (Å²) in [5, 5.41) is 8.73. The summed E-state index contributed by atoms with van der Waals surface area (Å²) >= 11 is 0. The van der Waals surface area contributed by atoms with Gasteiger partial charge in [-0.1, -0.05) is 6.07 Å². The minimum atomic E-state index is -1.25. The monoisotopic (exact) mass is 183 g/mol. The first-order chi connectivity index (χ1) is 6.04. The van der Waals surface area contributed by atoms with Crippen LogP contribution < -0.4 is 4.90 Å². The number of carboxylic acid groups (broad SMARTS) is 1. The summed E-state index contributed by atoms with van der Waals surface area (Å²) in [5.74, 6) is -1.96. The Kier molecular flexibility index (Phi) is 2.51. The Bertz CT molecular complexity index is 336. The van der Waals surface area contributed by atoms with Crippen molar-refractivity contribution in [2.24, 2.45) is 0 Å². The molecule has 4 heteroatoms. The lowest BCUT2D eigenvalue weighted by atomic mass is 10.1. The standard InChI is InChI=1S/C9H10FNO2/c1-11(2)7-5-3-4-6(10)8(7)9(12)13/h3-5H,1-2H3,(H,12,13). The number of benzene rings is 1. The Morgan fingerprint density at radius 3 is 2.46 bits per heavy atom. The number of anilines is 1. The molecule has 0 bridgehead atoms. The molecule has 0 saturated heterocycles. The van der Waals surface area contributed by atoms with Crippen molar-refractivity contribution in [2.45, 2.75) is 0 Å². The Hall–Kier alpha value is -1.58. The van der Waals surface area contributed by atoms with Crippen LogP contribution in [-0.2, 0) is 0 Å². The van der Waals surface area contributed by atoms with Gasteiger partial charge < -0.3 is 10.0 Å². The summed E-state index contributed by atoms with van der Waals surface area (Å²) in [5.41, 5.74) is 0.0833. The zero-order valence-electron chi connectivity index (χ0n) is 7.41. The van der Waals surface area contributed by atoms with E-state index in [0.29, 0.717) is 5.69 Å². The van der Waals surface area contributed by atoms with Crippen molar-refractivity contribution < 1.29 is 14.3 Å². The summed E-state index contributed by atoms with van der Waals surface area (Å²) in [7, 11) is 3.34. The first kappa shape index (κ1) is 9.51. The topological polar surface area (TPSA) is 40.5 Å². The van der Waals surface area contributed by atoms with Crippen molar-refractivity contribution >= 4 is 11.7 Å². The van der Waals surface area contributed by atoms with Crippen molar-refractivity contribution in [3.05, 3.63) is 29.6 Å². The highest BCUT2D eigenvalue weighted by molar-refractivity contribution is 5.94. The highest BCUT2D eigenvalue weighted by Gasteiger charge is 2.16. The highest BCUT2D eigenvalue weighted by atomic mass is 19.1. The molecule has 0 fully saturated rings. The van der Waals surface area contributed by atoms with Crippen LogP contribution in [0, 0.1) is 5.82 Å². The average Bonchev–Trinajstić information content (AvgIpc) is 2.02. The molecule has 0 saturated carbocycles. The number of hydrogen-bond donors (Lipinski definition) is 1. The molecule has 0 radical (unpaired) electrons. The molecule has 70 valence electrons. The van der Waals surface area contributed by atoms with Gasteiger partial charge in [0.2, 0.25) is 0 Å². The Morgan fingerprint density at radius 1 is 1.46 bits per heavy atom. The summed E-state index contributed by atoms with van der Waals surface area (Å²) in [6, 6.07) is 4.18. The summed E-state index contributed by atoms with van der Waals surface area (Å²) in [6.07, 6.45) is 0. The fraction of sp³-hybridized carbons (Fsp3) is 0.222. The minimum Gasteiger partial charge on any atom is -0.478 e. The average molecular weight is 183 g/mol. The van der Waals surface area contributed by atoms with E-state index in [1.807, 2.05) is 0 Å². The molecule has 0 spiro atoms. The zero-order chi connectivity index (χ0) is 10.0. The van der Waals surface area contributed by atoms with Gasteiger partial charge in [-0.05, 0) is 12.1 Å². The Balaban J connectivity index is 3.34.